The Balaban J connectivity index is 2.08. The van der Waals surface area contributed by atoms with Gasteiger partial charge in [0.05, 0.1) is 15.4 Å². The van der Waals surface area contributed by atoms with E-state index in [0.29, 0.717) is 17.7 Å². The lowest BCUT2D eigenvalue weighted by Crippen LogP contribution is -2.30. The molecule has 0 fully saturated rings. The number of anilines is 1. The van der Waals surface area contributed by atoms with Crippen molar-refractivity contribution in [1.29, 1.82) is 0 Å². The van der Waals surface area contributed by atoms with Crippen LogP contribution in [-0.2, 0) is 15.7 Å². The normalized spacial score (nSPS) is 12.0. The Morgan fingerprint density at radius 2 is 1.69 bits per heavy atom. The minimum atomic E-state index is -4.79. The third kappa shape index (κ3) is 5.77. The van der Waals surface area contributed by atoms with Gasteiger partial charge < -0.3 is 10.1 Å². The third-order valence-electron chi connectivity index (χ3n) is 4.32. The van der Waals surface area contributed by atoms with Crippen molar-refractivity contribution in [1.82, 2.24) is 0 Å². The molecule has 10 nitrogen and oxygen atoms in total. The number of nitrogens with one attached hydrogen (secondary N) is 1. The van der Waals surface area contributed by atoms with Crippen LogP contribution in [-0.4, -0.2) is 34.2 Å². The zero-order chi connectivity index (χ0) is 24.2. The number of carbonyl (C=O) groups is 2. The van der Waals surface area contributed by atoms with Gasteiger partial charge >= 0.3 is 12.1 Å². The standard InChI is InChI=1S/C19H16F3N3O7/c1-10-3-4-12(7-15(10)24(28)29)17(26)9-32-18(27)11(2)23-14-6-5-13(19(20,21)22)8-16(14)25(30)31/h3-8,11,23H,9H2,1-2H3/t11-/m0/s1. The van der Waals surface area contributed by atoms with E-state index in [1.165, 1.54) is 26.0 Å². The summed E-state index contributed by atoms with van der Waals surface area (Å²) in [5.41, 5.74) is -2.50. The van der Waals surface area contributed by atoms with Crippen LogP contribution in [0.25, 0.3) is 0 Å². The Hall–Kier alpha value is -4.03. The molecule has 2 aromatic carbocycles. The average Bonchev–Trinajstić information content (AvgIpc) is 2.71. The van der Waals surface area contributed by atoms with Crippen LogP contribution in [0.15, 0.2) is 36.4 Å². The quantitative estimate of drug-likeness (QED) is 0.272. The Morgan fingerprint density at radius 1 is 1.06 bits per heavy atom. The number of alkyl halides is 3. The van der Waals surface area contributed by atoms with Gasteiger partial charge in [-0.1, -0.05) is 12.1 Å². The van der Waals surface area contributed by atoms with Crippen LogP contribution in [0.5, 0.6) is 0 Å². The van der Waals surface area contributed by atoms with Gasteiger partial charge in [-0.2, -0.15) is 13.2 Å². The lowest BCUT2D eigenvalue weighted by Gasteiger charge is -2.15. The number of nitro benzene ring substituents is 2. The first-order chi connectivity index (χ1) is 14.8. The zero-order valence-corrected chi connectivity index (χ0v) is 16.6. The highest BCUT2D eigenvalue weighted by Gasteiger charge is 2.33. The van der Waals surface area contributed by atoms with Gasteiger partial charge in [-0.15, -0.1) is 0 Å². The molecular weight excluding hydrogens is 439 g/mol. The number of aryl methyl sites for hydroxylation is 1. The van der Waals surface area contributed by atoms with E-state index in [-0.39, 0.29) is 16.9 Å². The predicted octanol–water partition coefficient (Wildman–Crippen LogP) is 4.06. The molecule has 2 aromatic rings. The summed E-state index contributed by atoms with van der Waals surface area (Å²) in [6.07, 6.45) is -4.79. The first-order valence-corrected chi connectivity index (χ1v) is 8.88. The van der Waals surface area contributed by atoms with Crippen LogP contribution in [0.3, 0.4) is 0 Å². The van der Waals surface area contributed by atoms with E-state index >= 15 is 0 Å². The van der Waals surface area contributed by atoms with E-state index in [1.807, 2.05) is 0 Å². The summed E-state index contributed by atoms with van der Waals surface area (Å²) in [6.45, 7) is 1.95. The molecular formula is C19H16F3N3O7. The number of ketones is 1. The number of Topliss-reactive ketones (excluding diaryl/α,β-unsaturated/α-hetero) is 1. The number of ether oxygens (including phenoxy) is 1. The maximum atomic E-state index is 12.8. The molecule has 13 heteroatoms. The highest BCUT2D eigenvalue weighted by molar-refractivity contribution is 5.99. The fourth-order valence-corrected chi connectivity index (χ4v) is 2.60. The number of hydrogen-bond donors (Lipinski definition) is 1. The smallest absolute Gasteiger partial charge is 0.416 e. The lowest BCUT2D eigenvalue weighted by molar-refractivity contribution is -0.385. The summed E-state index contributed by atoms with van der Waals surface area (Å²) < 4.78 is 43.2. The number of esters is 1. The van der Waals surface area contributed by atoms with Gasteiger partial charge in [0.15, 0.2) is 6.61 Å². The topological polar surface area (TPSA) is 142 Å². The maximum absolute atomic E-state index is 12.8. The Morgan fingerprint density at radius 3 is 2.25 bits per heavy atom. The largest absolute Gasteiger partial charge is 0.456 e. The number of hydrogen-bond acceptors (Lipinski definition) is 8. The van der Waals surface area contributed by atoms with Crippen molar-refractivity contribution < 1.29 is 37.3 Å². The first-order valence-electron chi connectivity index (χ1n) is 8.88. The fourth-order valence-electron chi connectivity index (χ4n) is 2.60. The van der Waals surface area contributed by atoms with Gasteiger partial charge in [-0.25, -0.2) is 4.79 Å². The SMILES string of the molecule is Cc1ccc(C(=O)COC(=O)[C@H](C)Nc2ccc(C(F)(F)F)cc2[N+](=O)[O-])cc1[N+](=O)[O-]. The van der Waals surface area contributed by atoms with E-state index in [2.05, 4.69) is 5.32 Å². The number of carbonyl (C=O) groups excluding carboxylic acids is 2. The van der Waals surface area contributed by atoms with Crippen molar-refractivity contribution in [3.05, 3.63) is 73.3 Å². The van der Waals surface area contributed by atoms with E-state index in [4.69, 9.17) is 4.74 Å². The lowest BCUT2D eigenvalue weighted by atomic mass is 10.1. The minimum Gasteiger partial charge on any atom is -0.456 e. The van der Waals surface area contributed by atoms with E-state index in [1.54, 1.807) is 0 Å². The molecule has 0 amide bonds. The summed E-state index contributed by atoms with van der Waals surface area (Å²) in [4.78, 5) is 44.7. The summed E-state index contributed by atoms with van der Waals surface area (Å²) in [5, 5.41) is 24.5. The third-order valence-corrected chi connectivity index (χ3v) is 4.32. The van der Waals surface area contributed by atoms with Crippen LogP contribution in [0, 0.1) is 27.2 Å². The number of benzene rings is 2. The van der Waals surface area contributed by atoms with Gasteiger partial charge in [0.1, 0.15) is 11.7 Å². The molecule has 0 aliphatic heterocycles. The number of halogens is 3. The summed E-state index contributed by atoms with van der Waals surface area (Å²) in [6, 6.07) is 4.22. The number of nitrogens with zero attached hydrogens (tertiary/aromatic N) is 2. The van der Waals surface area contributed by atoms with E-state index in [0.717, 1.165) is 12.1 Å². The van der Waals surface area contributed by atoms with Crippen molar-refractivity contribution in [2.75, 3.05) is 11.9 Å². The zero-order valence-electron chi connectivity index (χ0n) is 16.6. The van der Waals surface area contributed by atoms with Crippen LogP contribution < -0.4 is 5.32 Å². The molecule has 0 radical (unpaired) electrons. The fraction of sp³-hybridized carbons (Fsp3) is 0.263. The molecule has 0 bridgehead atoms. The van der Waals surface area contributed by atoms with Crippen LogP contribution >= 0.6 is 0 Å². The molecule has 170 valence electrons. The van der Waals surface area contributed by atoms with Gasteiger partial charge in [0.25, 0.3) is 11.4 Å². The van der Waals surface area contributed by atoms with Crippen molar-refractivity contribution in [3.8, 4) is 0 Å². The van der Waals surface area contributed by atoms with Crippen molar-refractivity contribution in [2.24, 2.45) is 0 Å². The predicted molar refractivity (Wildman–Crippen MR) is 104 cm³/mol. The molecule has 0 saturated carbocycles. The molecule has 0 spiro atoms. The molecule has 0 aliphatic carbocycles. The van der Waals surface area contributed by atoms with Gasteiger partial charge in [-0.05, 0) is 26.0 Å². The monoisotopic (exact) mass is 455 g/mol. The van der Waals surface area contributed by atoms with Gasteiger partial charge in [0, 0.05) is 23.3 Å². The van der Waals surface area contributed by atoms with Crippen LogP contribution in [0.2, 0.25) is 0 Å². The average molecular weight is 455 g/mol. The molecule has 1 N–H and O–H groups in total. The second kappa shape index (κ2) is 9.41. The maximum Gasteiger partial charge on any atom is 0.416 e. The Bertz CT molecular complexity index is 1090. The summed E-state index contributed by atoms with van der Waals surface area (Å²) in [5.74, 6) is -1.75. The Kier molecular flexibility index (Phi) is 7.13. The number of rotatable bonds is 8. The summed E-state index contributed by atoms with van der Waals surface area (Å²) in [7, 11) is 0. The second-order valence-electron chi connectivity index (χ2n) is 6.64. The van der Waals surface area contributed by atoms with Gasteiger partial charge in [-0.3, -0.25) is 25.0 Å². The molecule has 0 aromatic heterocycles. The minimum absolute atomic E-state index is 0.0610. The van der Waals surface area contributed by atoms with Crippen molar-refractivity contribution in [2.45, 2.75) is 26.1 Å². The Labute approximate surface area is 178 Å². The molecule has 0 unspecified atom stereocenters. The molecule has 0 aliphatic rings. The molecule has 32 heavy (non-hydrogen) atoms. The van der Waals surface area contributed by atoms with Crippen LogP contribution in [0.4, 0.5) is 30.2 Å². The highest BCUT2D eigenvalue weighted by Crippen LogP contribution is 2.35. The molecule has 1 atom stereocenters. The first kappa shape index (κ1) is 24.2. The van der Waals surface area contributed by atoms with Gasteiger partial charge in [0.2, 0.25) is 5.78 Å². The second-order valence-corrected chi connectivity index (χ2v) is 6.64. The molecule has 0 heterocycles. The van der Waals surface area contributed by atoms with Crippen molar-refractivity contribution in [3.63, 3.8) is 0 Å². The van der Waals surface area contributed by atoms with Crippen LogP contribution in [0.1, 0.15) is 28.4 Å². The molecule has 2 rings (SSSR count). The highest BCUT2D eigenvalue weighted by atomic mass is 19.4. The number of nitro groups is 2. The van der Waals surface area contributed by atoms with E-state index < -0.39 is 51.7 Å². The van der Waals surface area contributed by atoms with Crippen molar-refractivity contribution >= 4 is 28.8 Å². The molecule has 0 saturated heterocycles. The van der Waals surface area contributed by atoms with E-state index in [9.17, 15) is 43.0 Å². The summed E-state index contributed by atoms with van der Waals surface area (Å²) >= 11 is 0.